The van der Waals surface area contributed by atoms with Crippen molar-refractivity contribution in [3.63, 3.8) is 0 Å². The molecule has 0 aliphatic rings. The molecule has 0 aromatic rings. The lowest BCUT2D eigenvalue weighted by Crippen LogP contribution is -2.56. The van der Waals surface area contributed by atoms with Crippen LogP contribution >= 0.6 is 0 Å². The van der Waals surface area contributed by atoms with Gasteiger partial charge in [0.15, 0.2) is 5.78 Å². The molecule has 0 saturated carbocycles. The molecule has 2 N–H and O–H groups in total. The van der Waals surface area contributed by atoms with Gasteiger partial charge in [-0.2, -0.15) is 26.3 Å². The number of hydrogen-bond acceptors (Lipinski definition) is 3. The van der Waals surface area contributed by atoms with Crippen LogP contribution in [0.5, 0.6) is 0 Å². The first-order valence-electron chi connectivity index (χ1n) is 8.82. The van der Waals surface area contributed by atoms with Crippen molar-refractivity contribution in [1.29, 1.82) is 0 Å². The van der Waals surface area contributed by atoms with E-state index in [-0.39, 0.29) is 12.8 Å². The van der Waals surface area contributed by atoms with Gasteiger partial charge in [-0.05, 0) is 12.8 Å². The van der Waals surface area contributed by atoms with Gasteiger partial charge in [0.1, 0.15) is 11.2 Å². The molecule has 0 aromatic carbocycles. The Morgan fingerprint density at radius 3 is 1.23 bits per heavy atom. The van der Waals surface area contributed by atoms with Gasteiger partial charge in [-0.1, -0.05) is 52.4 Å². The van der Waals surface area contributed by atoms with Crippen molar-refractivity contribution in [3.8, 4) is 0 Å². The van der Waals surface area contributed by atoms with Crippen LogP contribution in [0.25, 0.3) is 0 Å². The summed E-state index contributed by atoms with van der Waals surface area (Å²) in [5.41, 5.74) is -6.14. The van der Waals surface area contributed by atoms with Gasteiger partial charge in [0.25, 0.3) is 0 Å². The number of halogens is 6. The molecule has 0 radical (unpaired) electrons. The lowest BCUT2D eigenvalue weighted by atomic mass is 9.76. The molecule has 0 aliphatic heterocycles. The minimum atomic E-state index is -4.96. The molecule has 9 heteroatoms. The minimum absolute atomic E-state index is 0.0336. The van der Waals surface area contributed by atoms with Gasteiger partial charge in [-0.3, -0.25) is 4.79 Å². The third kappa shape index (κ3) is 9.21. The molecule has 3 nitrogen and oxygen atoms in total. The first-order chi connectivity index (χ1) is 11.7. The Kier molecular flexibility index (Phi) is 9.60. The summed E-state index contributed by atoms with van der Waals surface area (Å²) in [4.78, 5) is 12.5. The van der Waals surface area contributed by atoms with E-state index in [9.17, 15) is 41.4 Å². The van der Waals surface area contributed by atoms with E-state index in [1.165, 1.54) is 0 Å². The molecule has 0 heterocycles. The lowest BCUT2D eigenvalue weighted by molar-refractivity contribution is -0.209. The number of unbranched alkanes of at least 4 members (excludes halogenated alkanes) is 4. The van der Waals surface area contributed by atoms with Gasteiger partial charge in [0.05, 0.1) is 12.8 Å². The predicted molar refractivity (Wildman–Crippen MR) is 84.5 cm³/mol. The maximum atomic E-state index is 12.8. The molecule has 26 heavy (non-hydrogen) atoms. The number of alkyl halides is 6. The predicted octanol–water partition coefficient (Wildman–Crippen LogP) is 5.08. The maximum absolute atomic E-state index is 12.8. The Morgan fingerprint density at radius 2 is 1.00 bits per heavy atom. The number of carbonyl (C=O) groups is 1. The van der Waals surface area contributed by atoms with Crippen LogP contribution in [0.15, 0.2) is 0 Å². The smallest absolute Gasteiger partial charge is 0.382 e. The maximum Gasteiger partial charge on any atom is 0.392 e. The first-order valence-corrected chi connectivity index (χ1v) is 8.82. The zero-order valence-corrected chi connectivity index (χ0v) is 15.1. The van der Waals surface area contributed by atoms with Gasteiger partial charge in [0, 0.05) is 0 Å². The Balaban J connectivity index is 5.68. The van der Waals surface area contributed by atoms with Crippen molar-refractivity contribution in [2.75, 3.05) is 0 Å². The number of ketones is 1. The molecular weight excluding hydrogens is 366 g/mol. The molecule has 0 rings (SSSR count). The molecule has 0 saturated heterocycles. The van der Waals surface area contributed by atoms with Crippen LogP contribution in [0, 0.1) is 0 Å². The second kappa shape index (κ2) is 9.92. The quantitative estimate of drug-likeness (QED) is 0.358. The molecule has 0 bridgehead atoms. The van der Waals surface area contributed by atoms with E-state index in [1.54, 1.807) is 13.8 Å². The summed E-state index contributed by atoms with van der Waals surface area (Å²) in [5, 5.41) is 20.7. The zero-order valence-electron chi connectivity index (χ0n) is 15.1. The Bertz CT molecular complexity index is 397. The summed E-state index contributed by atoms with van der Waals surface area (Å²) in [6.45, 7) is 3.49. The fraction of sp³-hybridized carbons (Fsp3) is 0.941. The van der Waals surface area contributed by atoms with Crippen molar-refractivity contribution in [3.05, 3.63) is 0 Å². The number of aliphatic hydroxyl groups is 2. The Morgan fingerprint density at radius 1 is 0.692 bits per heavy atom. The van der Waals surface area contributed by atoms with E-state index in [0.29, 0.717) is 25.7 Å². The Hall–Kier alpha value is -0.830. The third-order valence-electron chi connectivity index (χ3n) is 4.22. The SMILES string of the molecule is CCCCC[C@@](O)(CC(F)(F)F)C(=O)[C@@](O)(CCCCC)CC(F)(F)F. The summed E-state index contributed by atoms with van der Waals surface area (Å²) in [6, 6.07) is 0. The van der Waals surface area contributed by atoms with E-state index in [4.69, 9.17) is 0 Å². The third-order valence-corrected chi connectivity index (χ3v) is 4.22. The molecule has 0 aliphatic carbocycles. The van der Waals surface area contributed by atoms with Crippen molar-refractivity contribution >= 4 is 5.78 Å². The summed E-state index contributed by atoms with van der Waals surface area (Å²) >= 11 is 0. The van der Waals surface area contributed by atoms with E-state index in [1.807, 2.05) is 0 Å². The van der Waals surface area contributed by atoms with Crippen molar-refractivity contribution in [1.82, 2.24) is 0 Å². The summed E-state index contributed by atoms with van der Waals surface area (Å²) in [6.07, 6.45) is -13.1. The summed E-state index contributed by atoms with van der Waals surface area (Å²) in [7, 11) is 0. The van der Waals surface area contributed by atoms with Crippen LogP contribution in [-0.2, 0) is 4.79 Å². The summed E-state index contributed by atoms with van der Waals surface area (Å²) in [5.74, 6) is -1.79. The average Bonchev–Trinajstić information content (AvgIpc) is 2.43. The van der Waals surface area contributed by atoms with Gasteiger partial charge in [-0.25, -0.2) is 0 Å². The highest BCUT2D eigenvalue weighted by atomic mass is 19.4. The first kappa shape index (κ1) is 25.2. The van der Waals surface area contributed by atoms with Gasteiger partial charge in [-0.15, -0.1) is 0 Å². The molecule has 0 aromatic heterocycles. The Labute approximate surface area is 149 Å². The molecule has 2 atom stereocenters. The second-order valence-electron chi connectivity index (χ2n) is 6.89. The van der Waals surface area contributed by atoms with E-state index < -0.39 is 55.0 Å². The number of hydrogen-bond donors (Lipinski definition) is 2. The molecule has 156 valence electrons. The van der Waals surface area contributed by atoms with Gasteiger partial charge >= 0.3 is 12.4 Å². The molecule has 0 spiro atoms. The molecule has 0 unspecified atom stereocenters. The molecular formula is C17H28F6O3. The zero-order chi connectivity index (χ0) is 20.6. The van der Waals surface area contributed by atoms with Crippen molar-refractivity contribution < 1.29 is 41.4 Å². The van der Waals surface area contributed by atoms with Gasteiger partial charge < -0.3 is 10.2 Å². The van der Waals surface area contributed by atoms with E-state index in [0.717, 1.165) is 0 Å². The fourth-order valence-electron chi connectivity index (χ4n) is 3.00. The number of Topliss-reactive ketones (excluding diaryl/α,β-unsaturated/α-hetero) is 1. The van der Waals surface area contributed by atoms with Crippen LogP contribution in [-0.4, -0.2) is 39.6 Å². The number of rotatable bonds is 12. The average molecular weight is 394 g/mol. The monoisotopic (exact) mass is 394 g/mol. The van der Waals surface area contributed by atoms with Crippen LogP contribution < -0.4 is 0 Å². The fourth-order valence-corrected chi connectivity index (χ4v) is 3.00. The van der Waals surface area contributed by atoms with Gasteiger partial charge in [0.2, 0.25) is 0 Å². The highest BCUT2D eigenvalue weighted by Crippen LogP contribution is 2.39. The van der Waals surface area contributed by atoms with Crippen LogP contribution in [0.4, 0.5) is 26.3 Å². The van der Waals surface area contributed by atoms with Crippen LogP contribution in [0.2, 0.25) is 0 Å². The van der Waals surface area contributed by atoms with Crippen molar-refractivity contribution in [2.45, 2.75) is 102 Å². The highest BCUT2D eigenvalue weighted by molar-refractivity contribution is 5.94. The van der Waals surface area contributed by atoms with Crippen LogP contribution in [0.1, 0.15) is 78.1 Å². The molecule has 0 fully saturated rings. The normalized spacial score (nSPS) is 17.6. The lowest BCUT2D eigenvalue weighted by Gasteiger charge is -2.37. The molecule has 0 amide bonds. The topological polar surface area (TPSA) is 57.5 Å². The van der Waals surface area contributed by atoms with Crippen molar-refractivity contribution in [2.24, 2.45) is 0 Å². The number of carbonyl (C=O) groups excluding carboxylic acids is 1. The summed E-state index contributed by atoms with van der Waals surface area (Å²) < 4.78 is 77.0. The standard InChI is InChI=1S/C17H28F6O3/c1-3-5-7-9-14(25,11-16(18,19)20)13(24)15(26,10-8-6-4-2)12-17(21,22)23/h25-26H,3-12H2,1-2H3/t14-,15-/m1/s1. The van der Waals surface area contributed by atoms with E-state index in [2.05, 4.69) is 0 Å². The van der Waals surface area contributed by atoms with Crippen LogP contribution in [0.3, 0.4) is 0 Å². The highest BCUT2D eigenvalue weighted by Gasteiger charge is 2.55. The van der Waals surface area contributed by atoms with E-state index >= 15 is 0 Å². The largest absolute Gasteiger partial charge is 0.392 e. The second-order valence-corrected chi connectivity index (χ2v) is 6.89. The minimum Gasteiger partial charge on any atom is -0.382 e.